The van der Waals surface area contributed by atoms with Crippen LogP contribution in [-0.2, 0) is 21.7 Å². The molecule has 2 atom stereocenters. The van der Waals surface area contributed by atoms with E-state index in [2.05, 4.69) is 17.5 Å². The van der Waals surface area contributed by atoms with E-state index in [0.29, 0.717) is 0 Å². The quantitative estimate of drug-likeness (QED) is 0.410. The molecule has 2 unspecified atom stereocenters. The third-order valence-electron chi connectivity index (χ3n) is 4.58. The molecule has 2 aliphatic rings. The largest absolute Gasteiger partial charge is 0.597 e. The van der Waals surface area contributed by atoms with Gasteiger partial charge in [-0.2, -0.15) is 7.05 Å². The number of hydrogen-bond donors (Lipinski definition) is 0. The molecule has 2 nitrogen and oxygen atoms in total. The molecule has 3 heteroatoms. The smallest absolute Gasteiger partial charge is 0 e. The van der Waals surface area contributed by atoms with Gasteiger partial charge in [-0.3, -0.25) is 0 Å². The van der Waals surface area contributed by atoms with Crippen molar-refractivity contribution in [2.75, 3.05) is 14.1 Å². The van der Waals surface area contributed by atoms with Crippen LogP contribution in [0.2, 0.25) is 0 Å². The summed E-state index contributed by atoms with van der Waals surface area (Å²) in [6.45, 7) is 0. The SMILES string of the molecule is C[N-]N(C)C1CCCCC1C1CCCC1.[CH3-].[CH3-].[CH3-].[Ti]. The molecule has 0 aromatic heterocycles. The summed E-state index contributed by atoms with van der Waals surface area (Å²) in [6.07, 6.45) is 11.6. The predicted molar refractivity (Wildman–Crippen MR) is 84.0 cm³/mol. The molecule has 2 saturated carbocycles. The van der Waals surface area contributed by atoms with Crippen molar-refractivity contribution >= 4 is 0 Å². The molecular formula is C16H34N2Ti-4. The van der Waals surface area contributed by atoms with Gasteiger partial charge in [-0.1, -0.05) is 38.5 Å². The number of nitrogens with zero attached hydrogens (tertiary/aromatic N) is 2. The van der Waals surface area contributed by atoms with Crippen molar-refractivity contribution in [1.29, 1.82) is 0 Å². The average Bonchev–Trinajstić information content (AvgIpc) is 2.81. The molecule has 0 aliphatic heterocycles. The van der Waals surface area contributed by atoms with E-state index in [-0.39, 0.29) is 44.0 Å². The van der Waals surface area contributed by atoms with Crippen LogP contribution in [0.15, 0.2) is 0 Å². The molecule has 0 radical (unpaired) electrons. The summed E-state index contributed by atoms with van der Waals surface area (Å²) in [7, 11) is 4.10. The van der Waals surface area contributed by atoms with Crippen LogP contribution < -0.4 is 0 Å². The summed E-state index contributed by atoms with van der Waals surface area (Å²) >= 11 is 0. The molecule has 2 aliphatic carbocycles. The van der Waals surface area contributed by atoms with Crippen molar-refractivity contribution < 1.29 is 21.7 Å². The molecule has 0 aromatic rings. The zero-order valence-electron chi connectivity index (χ0n) is 13.8. The fraction of sp³-hybridized carbons (Fsp3) is 0.812. The molecule has 0 spiro atoms. The predicted octanol–water partition coefficient (Wildman–Crippen LogP) is 4.93. The minimum atomic E-state index is 0. The summed E-state index contributed by atoms with van der Waals surface area (Å²) in [6, 6.07) is 0.742. The Morgan fingerprint density at radius 1 is 0.842 bits per heavy atom. The van der Waals surface area contributed by atoms with Crippen LogP contribution in [0.1, 0.15) is 51.4 Å². The standard InChI is InChI=1S/C13H25N2.3CH3.Ti/c1-14-15(2)13-10-6-5-9-12(13)11-7-3-4-8-11;;;;/h11-13H,3-10H2,1-2H3;3*1H3;/q4*-1;. The molecule has 0 aromatic carbocycles. The second-order valence-corrected chi connectivity index (χ2v) is 5.33. The Labute approximate surface area is 138 Å². The maximum Gasteiger partial charge on any atom is 0 e. The second kappa shape index (κ2) is 12.4. The molecular weight excluding hydrogens is 268 g/mol. The van der Waals surface area contributed by atoms with Gasteiger partial charge in [-0.25, -0.2) is 0 Å². The fourth-order valence-corrected chi connectivity index (χ4v) is 3.69. The summed E-state index contributed by atoms with van der Waals surface area (Å²) in [5.41, 5.74) is 4.37. The van der Waals surface area contributed by atoms with Crippen LogP contribution in [0.25, 0.3) is 5.43 Å². The van der Waals surface area contributed by atoms with E-state index in [9.17, 15) is 0 Å². The Bertz CT molecular complexity index is 193. The first-order valence-corrected chi connectivity index (χ1v) is 6.65. The molecule has 0 heterocycles. The van der Waals surface area contributed by atoms with E-state index < -0.39 is 0 Å². The van der Waals surface area contributed by atoms with Gasteiger partial charge >= 0.3 is 0 Å². The minimum absolute atomic E-state index is 0. The van der Waals surface area contributed by atoms with Gasteiger partial charge in [-0.15, -0.1) is 0 Å². The van der Waals surface area contributed by atoms with Crippen molar-refractivity contribution in [2.45, 2.75) is 57.4 Å². The maximum absolute atomic E-state index is 4.37. The zero-order valence-corrected chi connectivity index (χ0v) is 15.3. The van der Waals surface area contributed by atoms with Gasteiger partial charge in [0.15, 0.2) is 0 Å². The van der Waals surface area contributed by atoms with Crippen LogP contribution >= 0.6 is 0 Å². The summed E-state index contributed by atoms with van der Waals surface area (Å²) in [5.74, 6) is 1.95. The van der Waals surface area contributed by atoms with Gasteiger partial charge in [0, 0.05) is 21.7 Å². The topological polar surface area (TPSA) is 17.3 Å². The molecule has 2 rings (SSSR count). The molecule has 116 valence electrons. The summed E-state index contributed by atoms with van der Waals surface area (Å²) in [4.78, 5) is 0. The Balaban J connectivity index is -0.000000640. The van der Waals surface area contributed by atoms with E-state index >= 15 is 0 Å². The first-order valence-electron chi connectivity index (χ1n) is 6.65. The van der Waals surface area contributed by atoms with E-state index in [0.717, 1.165) is 17.9 Å². The van der Waals surface area contributed by atoms with Gasteiger partial charge in [-0.05, 0) is 37.8 Å². The van der Waals surface area contributed by atoms with Gasteiger partial charge in [0.1, 0.15) is 0 Å². The third kappa shape index (κ3) is 6.29. The van der Waals surface area contributed by atoms with E-state index in [4.69, 9.17) is 0 Å². The second-order valence-electron chi connectivity index (χ2n) is 5.33. The van der Waals surface area contributed by atoms with Crippen molar-refractivity contribution in [2.24, 2.45) is 11.8 Å². The van der Waals surface area contributed by atoms with Crippen LogP contribution in [0.5, 0.6) is 0 Å². The van der Waals surface area contributed by atoms with Crippen LogP contribution in [0, 0.1) is 34.1 Å². The number of rotatable bonds is 3. The molecule has 0 N–H and O–H groups in total. The Morgan fingerprint density at radius 3 is 1.84 bits per heavy atom. The van der Waals surface area contributed by atoms with E-state index in [1.165, 1.54) is 51.4 Å². The van der Waals surface area contributed by atoms with Crippen molar-refractivity contribution in [3.05, 3.63) is 27.7 Å². The number of hydrogen-bond acceptors (Lipinski definition) is 1. The maximum atomic E-state index is 4.37. The zero-order chi connectivity index (χ0) is 10.7. The summed E-state index contributed by atoms with van der Waals surface area (Å²) in [5, 5.41) is 2.24. The summed E-state index contributed by atoms with van der Waals surface area (Å²) < 4.78 is 0. The van der Waals surface area contributed by atoms with Crippen LogP contribution in [-0.4, -0.2) is 25.1 Å². The van der Waals surface area contributed by atoms with Gasteiger partial charge in [0.2, 0.25) is 0 Å². The Morgan fingerprint density at radius 2 is 1.32 bits per heavy atom. The average molecular weight is 302 g/mol. The van der Waals surface area contributed by atoms with Crippen molar-refractivity contribution in [1.82, 2.24) is 5.01 Å². The van der Waals surface area contributed by atoms with Crippen molar-refractivity contribution in [3.63, 3.8) is 0 Å². The van der Waals surface area contributed by atoms with Gasteiger partial charge in [0.05, 0.1) is 0 Å². The Kier molecular flexibility index (Phi) is 16.1. The fourth-order valence-electron chi connectivity index (χ4n) is 3.69. The minimum Gasteiger partial charge on any atom is -0.597 e. The monoisotopic (exact) mass is 302 g/mol. The first kappa shape index (κ1) is 24.6. The molecule has 19 heavy (non-hydrogen) atoms. The van der Waals surface area contributed by atoms with Crippen LogP contribution in [0.3, 0.4) is 0 Å². The van der Waals surface area contributed by atoms with Gasteiger partial charge < -0.3 is 32.7 Å². The first-order chi connectivity index (χ1) is 7.33. The molecule has 0 bridgehead atoms. The normalized spacial score (nSPS) is 26.7. The van der Waals surface area contributed by atoms with Crippen molar-refractivity contribution in [3.8, 4) is 0 Å². The molecule has 2 fully saturated rings. The van der Waals surface area contributed by atoms with Gasteiger partial charge in [0.25, 0.3) is 0 Å². The molecule has 0 amide bonds. The van der Waals surface area contributed by atoms with Crippen LogP contribution in [0.4, 0.5) is 0 Å². The molecule has 0 saturated heterocycles. The Hall–Kier alpha value is 0.634. The van der Waals surface area contributed by atoms with E-state index in [1.54, 1.807) is 0 Å². The van der Waals surface area contributed by atoms with E-state index in [1.807, 2.05) is 7.05 Å². The third-order valence-corrected chi connectivity index (χ3v) is 4.58.